The molecule has 0 spiro atoms. The SMILES string of the molecule is Cc1cc(C(=O)N[C@@H]2CCCOc3ccc(F)cc32)c(C)n1CC(F)(F)F. The number of rotatable bonds is 3. The molecule has 2 heterocycles. The average molecular weight is 384 g/mol. The van der Waals surface area contributed by atoms with Crippen LogP contribution in [0.15, 0.2) is 24.3 Å². The highest BCUT2D eigenvalue weighted by Crippen LogP contribution is 2.32. The molecule has 0 saturated carbocycles. The number of carbonyl (C=O) groups excluding carboxylic acids is 1. The van der Waals surface area contributed by atoms with Gasteiger partial charge in [0.25, 0.3) is 5.91 Å². The normalized spacial score (nSPS) is 17.0. The fraction of sp³-hybridized carbons (Fsp3) is 0.421. The molecule has 0 bridgehead atoms. The minimum absolute atomic E-state index is 0.180. The Balaban J connectivity index is 1.86. The summed E-state index contributed by atoms with van der Waals surface area (Å²) in [5, 5.41) is 2.82. The number of halogens is 4. The van der Waals surface area contributed by atoms with E-state index >= 15 is 0 Å². The maximum atomic E-state index is 13.7. The molecule has 0 unspecified atom stereocenters. The Kier molecular flexibility index (Phi) is 5.17. The number of aromatic nitrogens is 1. The van der Waals surface area contributed by atoms with Crippen molar-refractivity contribution in [2.24, 2.45) is 0 Å². The van der Waals surface area contributed by atoms with Gasteiger partial charge in [-0.25, -0.2) is 4.39 Å². The molecule has 2 aromatic rings. The van der Waals surface area contributed by atoms with Crippen LogP contribution in [0, 0.1) is 19.7 Å². The van der Waals surface area contributed by atoms with E-state index < -0.39 is 30.5 Å². The number of nitrogens with one attached hydrogen (secondary N) is 1. The van der Waals surface area contributed by atoms with Gasteiger partial charge in [0.1, 0.15) is 18.1 Å². The standard InChI is InChI=1S/C19H20F4N2O2/c1-11-8-14(12(2)25(11)10-19(21,22)23)18(26)24-16-4-3-7-27-17-6-5-13(20)9-15(16)17/h5-6,8-9,16H,3-4,7,10H2,1-2H3,(H,24,26)/t16-/m1/s1. The van der Waals surface area contributed by atoms with Crippen LogP contribution in [-0.2, 0) is 6.54 Å². The molecule has 8 heteroatoms. The van der Waals surface area contributed by atoms with Crippen LogP contribution in [0.4, 0.5) is 17.6 Å². The highest BCUT2D eigenvalue weighted by Gasteiger charge is 2.31. The number of ether oxygens (including phenoxy) is 1. The summed E-state index contributed by atoms with van der Waals surface area (Å²) in [6.07, 6.45) is -3.17. The molecule has 1 aliphatic heterocycles. The van der Waals surface area contributed by atoms with Crippen molar-refractivity contribution in [1.29, 1.82) is 0 Å². The zero-order valence-corrected chi connectivity index (χ0v) is 15.0. The quantitative estimate of drug-likeness (QED) is 0.795. The van der Waals surface area contributed by atoms with Crippen LogP contribution in [0.2, 0.25) is 0 Å². The predicted molar refractivity (Wildman–Crippen MR) is 91.3 cm³/mol. The maximum Gasteiger partial charge on any atom is 0.406 e. The first-order valence-corrected chi connectivity index (χ1v) is 8.62. The molecule has 0 saturated heterocycles. The Labute approximate surface area is 154 Å². The lowest BCUT2D eigenvalue weighted by Gasteiger charge is -2.19. The summed E-state index contributed by atoms with van der Waals surface area (Å²) in [5.41, 5.74) is 1.31. The number of hydrogen-bond acceptors (Lipinski definition) is 2. The molecule has 4 nitrogen and oxygen atoms in total. The number of alkyl halides is 3. The summed E-state index contributed by atoms with van der Waals surface area (Å²) in [6.45, 7) is 2.31. The van der Waals surface area contributed by atoms with Crippen LogP contribution in [-0.4, -0.2) is 23.3 Å². The van der Waals surface area contributed by atoms with E-state index in [0.717, 1.165) is 4.57 Å². The Morgan fingerprint density at radius 3 is 2.74 bits per heavy atom. The van der Waals surface area contributed by atoms with Gasteiger partial charge in [0.15, 0.2) is 0 Å². The monoisotopic (exact) mass is 384 g/mol. The molecule has 1 N–H and O–H groups in total. The fourth-order valence-electron chi connectivity index (χ4n) is 3.39. The predicted octanol–water partition coefficient (Wildman–Crippen LogP) is 4.45. The van der Waals surface area contributed by atoms with E-state index in [1.54, 1.807) is 0 Å². The summed E-state index contributed by atoms with van der Waals surface area (Å²) < 4.78 is 58.6. The van der Waals surface area contributed by atoms with Gasteiger partial charge in [-0.3, -0.25) is 4.79 Å². The fourth-order valence-corrected chi connectivity index (χ4v) is 3.39. The second-order valence-corrected chi connectivity index (χ2v) is 6.69. The van der Waals surface area contributed by atoms with Crippen molar-refractivity contribution in [1.82, 2.24) is 9.88 Å². The first-order chi connectivity index (χ1) is 12.7. The smallest absolute Gasteiger partial charge is 0.406 e. The molecule has 1 aromatic heterocycles. The summed E-state index contributed by atoms with van der Waals surface area (Å²) in [7, 11) is 0. The van der Waals surface area contributed by atoms with E-state index in [9.17, 15) is 22.4 Å². The molecule has 3 rings (SSSR count). The number of fused-ring (bicyclic) bond motifs is 1. The van der Waals surface area contributed by atoms with E-state index in [4.69, 9.17) is 4.74 Å². The van der Waals surface area contributed by atoms with Gasteiger partial charge >= 0.3 is 6.18 Å². The van der Waals surface area contributed by atoms with E-state index in [-0.39, 0.29) is 11.3 Å². The third-order valence-electron chi connectivity index (χ3n) is 4.70. The molecule has 27 heavy (non-hydrogen) atoms. The van der Waals surface area contributed by atoms with E-state index in [2.05, 4.69) is 5.32 Å². The Bertz CT molecular complexity index is 858. The van der Waals surface area contributed by atoms with Crippen LogP contribution < -0.4 is 10.1 Å². The Morgan fingerprint density at radius 1 is 1.30 bits per heavy atom. The van der Waals surface area contributed by atoms with Gasteiger partial charge < -0.3 is 14.6 Å². The molecule has 0 aliphatic carbocycles. The Hall–Kier alpha value is -2.51. The number of amides is 1. The lowest BCUT2D eigenvalue weighted by molar-refractivity contribution is -0.141. The maximum absolute atomic E-state index is 13.7. The summed E-state index contributed by atoms with van der Waals surface area (Å²) >= 11 is 0. The minimum atomic E-state index is -4.38. The first kappa shape index (κ1) is 19.3. The van der Waals surface area contributed by atoms with Crippen LogP contribution in [0.1, 0.15) is 46.2 Å². The lowest BCUT2D eigenvalue weighted by atomic mass is 10.0. The minimum Gasteiger partial charge on any atom is -0.493 e. The van der Waals surface area contributed by atoms with Crippen molar-refractivity contribution < 1.29 is 27.1 Å². The van der Waals surface area contributed by atoms with Crippen molar-refractivity contribution >= 4 is 5.91 Å². The molecule has 0 radical (unpaired) electrons. The number of hydrogen-bond donors (Lipinski definition) is 1. The molecule has 146 valence electrons. The van der Waals surface area contributed by atoms with E-state index in [1.165, 1.54) is 38.1 Å². The molecule has 1 amide bonds. The second-order valence-electron chi connectivity index (χ2n) is 6.69. The highest BCUT2D eigenvalue weighted by molar-refractivity contribution is 5.96. The topological polar surface area (TPSA) is 43.3 Å². The van der Waals surface area contributed by atoms with Crippen LogP contribution in [0.3, 0.4) is 0 Å². The van der Waals surface area contributed by atoms with Crippen molar-refractivity contribution in [3.8, 4) is 5.75 Å². The number of nitrogens with zero attached hydrogens (tertiary/aromatic N) is 1. The highest BCUT2D eigenvalue weighted by atomic mass is 19.4. The number of benzene rings is 1. The zero-order chi connectivity index (χ0) is 19.8. The molecular formula is C19H20F4N2O2. The molecule has 1 aromatic carbocycles. The van der Waals surface area contributed by atoms with Gasteiger partial charge in [0, 0.05) is 17.0 Å². The van der Waals surface area contributed by atoms with Crippen molar-refractivity contribution in [3.63, 3.8) is 0 Å². The number of carbonyl (C=O) groups is 1. The molecule has 1 aliphatic rings. The van der Waals surface area contributed by atoms with Gasteiger partial charge in [-0.05, 0) is 51.0 Å². The first-order valence-electron chi connectivity index (χ1n) is 8.62. The van der Waals surface area contributed by atoms with Gasteiger partial charge in [0.05, 0.1) is 18.2 Å². The number of aryl methyl sites for hydroxylation is 1. The molecule has 1 atom stereocenters. The lowest BCUT2D eigenvalue weighted by Crippen LogP contribution is -2.29. The Morgan fingerprint density at radius 2 is 2.04 bits per heavy atom. The summed E-state index contributed by atoms with van der Waals surface area (Å²) in [6, 6.07) is 5.09. The van der Waals surface area contributed by atoms with E-state index in [1.807, 2.05) is 0 Å². The third-order valence-corrected chi connectivity index (χ3v) is 4.70. The average Bonchev–Trinajstić information content (AvgIpc) is 2.75. The van der Waals surface area contributed by atoms with Gasteiger partial charge in [0.2, 0.25) is 0 Å². The van der Waals surface area contributed by atoms with Crippen LogP contribution in [0.5, 0.6) is 5.75 Å². The largest absolute Gasteiger partial charge is 0.493 e. The van der Waals surface area contributed by atoms with Crippen molar-refractivity contribution in [2.45, 2.75) is 45.5 Å². The summed E-state index contributed by atoms with van der Waals surface area (Å²) in [5.74, 6) is -0.428. The van der Waals surface area contributed by atoms with Crippen molar-refractivity contribution in [2.75, 3.05) is 6.61 Å². The van der Waals surface area contributed by atoms with Crippen LogP contribution in [0.25, 0.3) is 0 Å². The molecule has 0 fully saturated rings. The summed E-state index contributed by atoms with van der Waals surface area (Å²) in [4.78, 5) is 12.7. The third kappa shape index (κ3) is 4.26. The van der Waals surface area contributed by atoms with Crippen LogP contribution >= 0.6 is 0 Å². The second kappa shape index (κ2) is 7.25. The van der Waals surface area contributed by atoms with Gasteiger partial charge in [-0.15, -0.1) is 0 Å². The van der Waals surface area contributed by atoms with Crippen molar-refractivity contribution in [3.05, 3.63) is 52.6 Å². The van der Waals surface area contributed by atoms with Gasteiger partial charge in [-0.2, -0.15) is 13.2 Å². The van der Waals surface area contributed by atoms with Gasteiger partial charge in [-0.1, -0.05) is 0 Å². The zero-order valence-electron chi connectivity index (χ0n) is 15.0. The molecular weight excluding hydrogens is 364 g/mol. The van der Waals surface area contributed by atoms with E-state index in [0.29, 0.717) is 36.5 Å².